The van der Waals surface area contributed by atoms with Gasteiger partial charge in [0.1, 0.15) is 0 Å². The lowest BCUT2D eigenvalue weighted by Gasteiger charge is -2.25. The minimum atomic E-state index is -0.184. The summed E-state index contributed by atoms with van der Waals surface area (Å²) in [7, 11) is 0. The summed E-state index contributed by atoms with van der Waals surface area (Å²) in [5.74, 6) is 0.0586. The number of hydrogen-bond donors (Lipinski definition) is 1. The summed E-state index contributed by atoms with van der Waals surface area (Å²) in [5.41, 5.74) is 0.978. The van der Waals surface area contributed by atoms with E-state index in [0.29, 0.717) is 6.54 Å². The van der Waals surface area contributed by atoms with E-state index in [-0.39, 0.29) is 11.4 Å². The molecule has 0 fully saturated rings. The number of likely N-dealkylation sites (N-methyl/N-ethyl adjacent to an activating group) is 1. The standard InChI is InChI=1S/C15H23ClN2O/c1-5-18(11-14(19)17-15(2,3)4)10-12-6-8-13(16)9-7-12/h6-9H,5,10-11H2,1-4H3,(H,17,19). The average molecular weight is 283 g/mol. The van der Waals surface area contributed by atoms with Gasteiger partial charge in [0.05, 0.1) is 6.54 Å². The summed E-state index contributed by atoms with van der Waals surface area (Å²) in [6.45, 7) is 10.0. The van der Waals surface area contributed by atoms with E-state index in [1.165, 1.54) is 0 Å². The second-order valence-corrected chi connectivity index (χ2v) is 6.16. The Labute approximate surface area is 120 Å². The first-order valence-electron chi connectivity index (χ1n) is 6.58. The average Bonchev–Trinajstić information content (AvgIpc) is 2.28. The molecular weight excluding hydrogens is 260 g/mol. The second-order valence-electron chi connectivity index (χ2n) is 5.73. The first kappa shape index (κ1) is 16.0. The zero-order chi connectivity index (χ0) is 14.5. The third-order valence-electron chi connectivity index (χ3n) is 2.65. The van der Waals surface area contributed by atoms with Crippen LogP contribution in [0.25, 0.3) is 0 Å². The van der Waals surface area contributed by atoms with Gasteiger partial charge in [-0.25, -0.2) is 0 Å². The molecule has 4 heteroatoms. The van der Waals surface area contributed by atoms with Crippen LogP contribution in [-0.2, 0) is 11.3 Å². The van der Waals surface area contributed by atoms with Gasteiger partial charge in [0.15, 0.2) is 0 Å². The van der Waals surface area contributed by atoms with E-state index >= 15 is 0 Å². The van der Waals surface area contributed by atoms with Gasteiger partial charge in [-0.05, 0) is 45.0 Å². The van der Waals surface area contributed by atoms with Crippen LogP contribution in [0.5, 0.6) is 0 Å². The van der Waals surface area contributed by atoms with Gasteiger partial charge in [-0.3, -0.25) is 9.69 Å². The number of carbonyl (C=O) groups is 1. The van der Waals surface area contributed by atoms with Crippen molar-refractivity contribution >= 4 is 17.5 Å². The molecule has 3 nitrogen and oxygen atoms in total. The molecule has 0 aliphatic heterocycles. The van der Waals surface area contributed by atoms with Crippen LogP contribution in [0.2, 0.25) is 5.02 Å². The normalized spacial score (nSPS) is 11.7. The molecule has 1 N–H and O–H groups in total. The van der Waals surface area contributed by atoms with Crippen molar-refractivity contribution in [2.45, 2.75) is 39.8 Å². The van der Waals surface area contributed by atoms with Crippen molar-refractivity contribution in [3.8, 4) is 0 Å². The van der Waals surface area contributed by atoms with Crippen LogP contribution >= 0.6 is 11.6 Å². The van der Waals surface area contributed by atoms with Crippen LogP contribution in [-0.4, -0.2) is 29.4 Å². The van der Waals surface area contributed by atoms with Gasteiger partial charge in [-0.2, -0.15) is 0 Å². The molecule has 1 aromatic rings. The SMILES string of the molecule is CCN(CC(=O)NC(C)(C)C)Cc1ccc(Cl)cc1. The van der Waals surface area contributed by atoms with E-state index in [1.807, 2.05) is 45.0 Å². The summed E-state index contributed by atoms with van der Waals surface area (Å²) in [4.78, 5) is 14.0. The molecule has 0 aromatic heterocycles. The summed E-state index contributed by atoms with van der Waals surface area (Å²) in [6.07, 6.45) is 0. The Hall–Kier alpha value is -1.06. The number of amides is 1. The first-order valence-corrected chi connectivity index (χ1v) is 6.96. The fourth-order valence-corrected chi connectivity index (χ4v) is 1.91. The zero-order valence-electron chi connectivity index (χ0n) is 12.2. The van der Waals surface area contributed by atoms with Crippen molar-refractivity contribution < 1.29 is 4.79 Å². The van der Waals surface area contributed by atoms with Gasteiger partial charge in [0, 0.05) is 17.1 Å². The molecule has 0 aliphatic carbocycles. The lowest BCUT2D eigenvalue weighted by Crippen LogP contribution is -2.45. The van der Waals surface area contributed by atoms with Crippen molar-refractivity contribution in [1.29, 1.82) is 0 Å². The number of rotatable bonds is 5. The molecule has 1 amide bonds. The molecule has 0 heterocycles. The molecule has 0 saturated carbocycles. The summed E-state index contributed by atoms with van der Waals surface area (Å²) in [5, 5.41) is 3.71. The van der Waals surface area contributed by atoms with E-state index < -0.39 is 0 Å². The highest BCUT2D eigenvalue weighted by atomic mass is 35.5. The molecule has 0 unspecified atom stereocenters. The van der Waals surface area contributed by atoms with Crippen LogP contribution < -0.4 is 5.32 Å². The Balaban J connectivity index is 2.54. The predicted molar refractivity (Wildman–Crippen MR) is 80.3 cm³/mol. The molecule has 0 bridgehead atoms. The van der Waals surface area contributed by atoms with E-state index in [2.05, 4.69) is 17.1 Å². The van der Waals surface area contributed by atoms with Gasteiger partial charge in [0.25, 0.3) is 0 Å². The number of benzene rings is 1. The predicted octanol–water partition coefficient (Wildman–Crippen LogP) is 3.08. The van der Waals surface area contributed by atoms with Crippen molar-refractivity contribution in [3.05, 3.63) is 34.9 Å². The highest BCUT2D eigenvalue weighted by Gasteiger charge is 2.16. The van der Waals surface area contributed by atoms with Gasteiger partial charge >= 0.3 is 0 Å². The van der Waals surface area contributed by atoms with E-state index in [4.69, 9.17) is 11.6 Å². The zero-order valence-corrected chi connectivity index (χ0v) is 12.9. The lowest BCUT2D eigenvalue weighted by atomic mass is 10.1. The summed E-state index contributed by atoms with van der Waals surface area (Å²) in [6, 6.07) is 7.74. The molecule has 106 valence electrons. The Bertz CT molecular complexity index is 409. The molecule has 19 heavy (non-hydrogen) atoms. The molecule has 0 spiro atoms. The highest BCUT2D eigenvalue weighted by molar-refractivity contribution is 6.30. The Morgan fingerprint density at radius 2 is 1.84 bits per heavy atom. The maximum Gasteiger partial charge on any atom is 0.234 e. The minimum Gasteiger partial charge on any atom is -0.350 e. The fraction of sp³-hybridized carbons (Fsp3) is 0.533. The van der Waals surface area contributed by atoms with Gasteiger partial charge in [-0.1, -0.05) is 30.7 Å². The molecule has 0 atom stereocenters. The molecule has 0 radical (unpaired) electrons. The first-order chi connectivity index (χ1) is 8.80. The Morgan fingerprint density at radius 3 is 2.32 bits per heavy atom. The lowest BCUT2D eigenvalue weighted by molar-refractivity contribution is -0.123. The van der Waals surface area contributed by atoms with Crippen LogP contribution in [0.15, 0.2) is 24.3 Å². The molecule has 0 aliphatic rings. The Kier molecular flexibility index (Phi) is 5.83. The topological polar surface area (TPSA) is 32.3 Å². The minimum absolute atomic E-state index is 0.0586. The van der Waals surface area contributed by atoms with E-state index in [9.17, 15) is 4.79 Å². The van der Waals surface area contributed by atoms with Crippen molar-refractivity contribution in [2.75, 3.05) is 13.1 Å². The summed E-state index contributed by atoms with van der Waals surface area (Å²) >= 11 is 5.86. The number of hydrogen-bond acceptors (Lipinski definition) is 2. The molecule has 1 rings (SSSR count). The summed E-state index contributed by atoms with van der Waals surface area (Å²) < 4.78 is 0. The third-order valence-corrected chi connectivity index (χ3v) is 2.90. The van der Waals surface area contributed by atoms with Gasteiger partial charge in [-0.15, -0.1) is 0 Å². The van der Waals surface area contributed by atoms with Crippen molar-refractivity contribution in [2.24, 2.45) is 0 Å². The maximum absolute atomic E-state index is 11.9. The fourth-order valence-electron chi connectivity index (χ4n) is 1.79. The molecular formula is C15H23ClN2O. The highest BCUT2D eigenvalue weighted by Crippen LogP contribution is 2.11. The molecule has 1 aromatic carbocycles. The van der Waals surface area contributed by atoms with Gasteiger partial charge in [0.2, 0.25) is 5.91 Å². The quantitative estimate of drug-likeness (QED) is 0.900. The number of carbonyl (C=O) groups excluding carboxylic acids is 1. The van der Waals surface area contributed by atoms with Crippen LogP contribution in [0.4, 0.5) is 0 Å². The van der Waals surface area contributed by atoms with Crippen LogP contribution in [0.3, 0.4) is 0 Å². The monoisotopic (exact) mass is 282 g/mol. The van der Waals surface area contributed by atoms with E-state index in [1.54, 1.807) is 0 Å². The Morgan fingerprint density at radius 1 is 1.26 bits per heavy atom. The number of nitrogens with one attached hydrogen (secondary N) is 1. The third kappa shape index (κ3) is 6.60. The number of nitrogens with zero attached hydrogens (tertiary/aromatic N) is 1. The smallest absolute Gasteiger partial charge is 0.234 e. The maximum atomic E-state index is 11.9. The second kappa shape index (κ2) is 6.92. The van der Waals surface area contributed by atoms with E-state index in [0.717, 1.165) is 23.7 Å². The van der Waals surface area contributed by atoms with Gasteiger partial charge < -0.3 is 5.32 Å². The largest absolute Gasteiger partial charge is 0.350 e. The van der Waals surface area contributed by atoms with Crippen LogP contribution in [0, 0.1) is 0 Å². The number of halogens is 1. The van der Waals surface area contributed by atoms with Crippen molar-refractivity contribution in [3.63, 3.8) is 0 Å². The van der Waals surface area contributed by atoms with Crippen LogP contribution in [0.1, 0.15) is 33.3 Å². The molecule has 0 saturated heterocycles. The van der Waals surface area contributed by atoms with Crippen molar-refractivity contribution in [1.82, 2.24) is 10.2 Å².